The highest BCUT2D eigenvalue weighted by molar-refractivity contribution is 14.1. The van der Waals surface area contributed by atoms with E-state index in [1.807, 2.05) is 67.6 Å². The van der Waals surface area contributed by atoms with Crippen molar-refractivity contribution < 1.29 is 135 Å². The number of unbranched alkanes of at least 4 members (excludes halogenated alkanes) is 2. The average molecular weight is 2100 g/mol. The van der Waals surface area contributed by atoms with Gasteiger partial charge in [-0.2, -0.15) is 17.2 Å². The number of hydrogen-bond acceptors (Lipinski definition) is 33. The standard InChI is InChI=1S/C99H127IN6O28S4/c1-52-42-78(126-51-62(52)43-54(3)107)132-90-85(116)83(105-134-79-46-71(110)91(59(8)128-79)137-94(120)80-55(4)82(100)88(56(5)87(80)124-12)133-95-86(117)89(125-13)84(115)58(7)130-95)57(6)129-96(90)131-73-28-18-15-16-22-36-99(122)48-72(111)66(45-77(114)123-11)81(73)67(99)35-40-136-138-98(9,10)37-34-64(108)25-24-38-101-97(121)127-50-60-30-32-63(33-31-60)103-92(118)53(2)41-70(109)69(44-61-49-102-68-27-21-20-26-65(61)68)104-75(112)29-19-17-23-39-106-76(113)47-74(135-14)93(106)119/h15-16,20-21,26-27,30-33,35,49,52-53,57-59,62,69,71,73-74,78-79,83-86,89-91,95-96,102,105,110,115-117,122H,17,19,23-25,29,34,37-48,50-51H2,1-14H3,(H,101,121)(H,103,118)(H,104,112)/b16-15-,67-35-/t52?,53-,57?,58?,59?,62?,69+,71?,73+,74?,78?,79?,83?,84?,85?,86?,89?,90?,91?,95?,96?,99+/m1/s1. The van der Waals surface area contributed by atoms with Crippen LogP contribution >= 0.6 is 67.7 Å². The van der Waals surface area contributed by atoms with Crippen LogP contribution < -0.4 is 30.9 Å². The van der Waals surface area contributed by atoms with Gasteiger partial charge in [0.05, 0.1) is 89.8 Å². The molecule has 39 heteroatoms. The molecular weight excluding hydrogens is 1980 g/mol. The topological polar surface area (TPSA) is 467 Å². The van der Waals surface area contributed by atoms with Gasteiger partial charge in [-0.05, 0) is 169 Å². The number of ketones is 4. The number of alkyl carbamates (subject to hydrolysis) is 1. The number of hydrogen-bond donors (Lipinski definition) is 10. The summed E-state index contributed by atoms with van der Waals surface area (Å²) in [6.45, 7) is 17.8. The number of anilines is 1. The van der Waals surface area contributed by atoms with Gasteiger partial charge in [-0.15, -0.1) is 0 Å². The summed E-state index contributed by atoms with van der Waals surface area (Å²) in [5, 5.41) is 66.9. The molecule has 2 aliphatic carbocycles. The lowest BCUT2D eigenvalue weighted by molar-refractivity contribution is -0.335. The number of allylic oxidation sites excluding steroid dienone is 2. The van der Waals surface area contributed by atoms with E-state index in [-0.39, 0.29) is 176 Å². The second kappa shape index (κ2) is 51.2. The number of methoxy groups -OCH3 is 3. The first kappa shape index (κ1) is 110. The Morgan fingerprint density at radius 3 is 2.27 bits per heavy atom. The number of Topliss-reactive ketones (excluding diaryl/α,β-unsaturated/α-hetero) is 4. The van der Waals surface area contributed by atoms with Crippen LogP contribution in [-0.2, 0) is 104 Å². The molecule has 18 unspecified atom stereocenters. The van der Waals surface area contributed by atoms with Gasteiger partial charge in [0.1, 0.15) is 66.3 Å². The van der Waals surface area contributed by atoms with E-state index in [0.29, 0.717) is 58.1 Å². The van der Waals surface area contributed by atoms with Crippen molar-refractivity contribution in [1.29, 1.82) is 0 Å². The van der Waals surface area contributed by atoms with Crippen molar-refractivity contribution in [1.82, 2.24) is 26.0 Å². The number of likely N-dealkylation sites (tertiary alicyclic amines) is 1. The number of amides is 5. The molecule has 11 rings (SSSR count). The first-order valence-corrected chi connectivity index (χ1v) is 51.9. The molecule has 0 radical (unpaired) electrons. The maximum atomic E-state index is 14.6. The van der Waals surface area contributed by atoms with Crippen molar-refractivity contribution in [2.24, 2.45) is 17.8 Å². The summed E-state index contributed by atoms with van der Waals surface area (Å²) in [5.41, 5.74) is 4.59. The molecule has 5 aliphatic heterocycles. The fraction of sp³-hybridized carbons (Fsp3) is 0.586. The Hall–Kier alpha value is -8.12. The van der Waals surface area contributed by atoms with Gasteiger partial charge >= 0.3 is 12.1 Å². The summed E-state index contributed by atoms with van der Waals surface area (Å²) in [6, 6.07) is 12.2. The SMILES string of the molecule is COC(=O)CC1=C2/C(=C/CSSC(C)(C)CCC(=O)CCCNC(=O)OCc3ccc(NC(=O)[C@H](C)CC(=O)[C@H](Cc4c[nH]c5ccccc45)NC(=O)CCCCCN4C(=O)CC(SC)C4=O)cc3)[C@](O)(C#C/C=C\C#C[C@@H]2OC2OC(C)C(NOC3CC(O)C(SC(=O)c4c(C)c(I)c(OC5OC(C)C(O)C(OC)C5O)c(C)c4OC)C(C)O3)C(O)C2OC2CC(C)C(CC(C)=O)CO2)CC1=O. The number of halogens is 1. The van der Waals surface area contributed by atoms with Crippen LogP contribution in [0.2, 0.25) is 0 Å². The van der Waals surface area contributed by atoms with Crippen LogP contribution in [0.4, 0.5) is 10.5 Å². The molecule has 22 atom stereocenters. The predicted octanol–water partition coefficient (Wildman–Crippen LogP) is 10.3. The number of aliphatic hydroxyl groups is 5. The molecule has 2 bridgehead atoms. The van der Waals surface area contributed by atoms with E-state index in [9.17, 15) is 78.3 Å². The average Bonchev–Trinajstić information content (AvgIpc) is 1.02. The number of esters is 1. The van der Waals surface area contributed by atoms with Crippen molar-refractivity contribution in [3.63, 3.8) is 0 Å². The highest BCUT2D eigenvalue weighted by atomic mass is 127. The zero-order chi connectivity index (χ0) is 100. The Labute approximate surface area is 833 Å². The van der Waals surface area contributed by atoms with Gasteiger partial charge in [0, 0.05) is 139 Å². The first-order chi connectivity index (χ1) is 65.7. The van der Waals surface area contributed by atoms with Crippen LogP contribution in [0.1, 0.15) is 184 Å². The molecule has 10 N–H and O–H groups in total. The maximum Gasteiger partial charge on any atom is 0.407 e. The minimum absolute atomic E-state index is 0.00453. The monoisotopic (exact) mass is 2100 g/mol. The Morgan fingerprint density at radius 1 is 0.826 bits per heavy atom. The number of H-pyrrole nitrogens is 1. The van der Waals surface area contributed by atoms with Crippen LogP contribution in [0.5, 0.6) is 11.5 Å². The van der Waals surface area contributed by atoms with Crippen LogP contribution in [0.15, 0.2) is 89.7 Å². The van der Waals surface area contributed by atoms with Crippen molar-refractivity contribution in [2.45, 2.75) is 298 Å². The molecule has 6 heterocycles. The van der Waals surface area contributed by atoms with E-state index in [1.54, 1.807) is 84.3 Å². The van der Waals surface area contributed by atoms with Crippen LogP contribution in [0.25, 0.3) is 10.9 Å². The van der Waals surface area contributed by atoms with Gasteiger partial charge in [0.2, 0.25) is 35.0 Å². The Kier molecular flexibility index (Phi) is 40.9. The Morgan fingerprint density at radius 2 is 1.57 bits per heavy atom. The van der Waals surface area contributed by atoms with E-state index in [2.05, 4.69) is 50.1 Å². The Balaban J connectivity index is 0.667. The molecule has 0 spiro atoms. The summed E-state index contributed by atoms with van der Waals surface area (Å²) < 4.78 is 66.9. The molecule has 5 amide bonds. The highest BCUT2D eigenvalue weighted by Gasteiger charge is 2.53. The number of benzene rings is 3. The van der Waals surface area contributed by atoms with Crippen molar-refractivity contribution in [2.75, 3.05) is 58.4 Å². The molecular formula is C99H127IN6O28S4. The normalized spacial score (nSPS) is 28.1. The number of nitrogens with one attached hydrogen (secondary N) is 5. The molecule has 7 aliphatic rings. The zero-order valence-electron chi connectivity index (χ0n) is 80.0. The molecule has 5 saturated heterocycles. The van der Waals surface area contributed by atoms with Crippen molar-refractivity contribution in [3.8, 4) is 35.2 Å². The number of nitrogens with zero attached hydrogens (tertiary/aromatic N) is 1. The van der Waals surface area contributed by atoms with Gasteiger partial charge in [-0.1, -0.05) is 114 Å². The van der Waals surface area contributed by atoms with E-state index >= 15 is 0 Å². The number of rotatable bonds is 45. The molecule has 752 valence electrons. The third-order valence-electron chi connectivity index (χ3n) is 25.6. The molecule has 4 aromatic rings. The molecule has 0 saturated carbocycles. The summed E-state index contributed by atoms with van der Waals surface area (Å²) in [7, 11) is 6.79. The van der Waals surface area contributed by atoms with Gasteiger partial charge in [0.25, 0.3) is 0 Å². The number of hydroxylamine groups is 1. The number of carbonyl (C=O) groups is 11. The Bertz CT molecular complexity index is 5270. The zero-order valence-corrected chi connectivity index (χ0v) is 85.4. The van der Waals surface area contributed by atoms with Gasteiger partial charge in [-0.25, -0.2) is 4.79 Å². The van der Waals surface area contributed by atoms with Crippen LogP contribution in [0.3, 0.4) is 0 Å². The number of fused-ring (bicyclic) bond motifs is 3. The third-order valence-corrected chi connectivity index (χ3v) is 32.4. The number of imide groups is 1. The summed E-state index contributed by atoms with van der Waals surface area (Å²) in [6.07, 6.45) is -7.21. The highest BCUT2D eigenvalue weighted by Crippen LogP contribution is 2.47. The number of ether oxygens (including phenoxy) is 11. The smallest absolute Gasteiger partial charge is 0.407 e. The third kappa shape index (κ3) is 28.9. The number of aromatic nitrogens is 1. The fourth-order valence-corrected chi connectivity index (χ4v) is 22.6. The molecule has 5 fully saturated rings. The van der Waals surface area contributed by atoms with Crippen LogP contribution in [-0.4, -0.2) is 272 Å². The quantitative estimate of drug-likeness (QED) is 0.00374. The van der Waals surface area contributed by atoms with Gasteiger partial charge in [0.15, 0.2) is 36.0 Å². The predicted molar refractivity (Wildman–Crippen MR) is 526 cm³/mol. The van der Waals surface area contributed by atoms with E-state index in [4.69, 9.17) is 56.9 Å². The maximum absolute atomic E-state index is 14.6. The summed E-state index contributed by atoms with van der Waals surface area (Å²) in [5.74, 6) is 8.31. The molecule has 3 aromatic carbocycles. The number of aromatic amines is 1. The number of thioether (sulfide) groups is 2. The summed E-state index contributed by atoms with van der Waals surface area (Å²) in [4.78, 5) is 158. The van der Waals surface area contributed by atoms with E-state index in [0.717, 1.165) is 28.2 Å². The fourth-order valence-electron chi connectivity index (χ4n) is 17.6. The minimum Gasteiger partial charge on any atom is -0.496 e. The van der Waals surface area contributed by atoms with Crippen molar-refractivity contribution >= 4 is 148 Å². The van der Waals surface area contributed by atoms with Crippen molar-refractivity contribution in [3.05, 3.63) is 121 Å². The van der Waals surface area contributed by atoms with E-state index < -0.39 is 162 Å². The van der Waals surface area contributed by atoms with Gasteiger partial charge < -0.3 is 103 Å². The van der Waals surface area contributed by atoms with E-state index in [1.165, 1.54) is 78.7 Å². The minimum atomic E-state index is -2.18. The lowest BCUT2D eigenvalue weighted by Gasteiger charge is -2.46. The molecule has 138 heavy (non-hydrogen) atoms. The van der Waals surface area contributed by atoms with Gasteiger partial charge in [-0.3, -0.25) is 52.9 Å². The first-order valence-electron chi connectivity index (χ1n) is 46.4. The molecule has 1 aromatic heterocycles. The number of aliphatic hydroxyl groups excluding tert-OH is 4. The lowest BCUT2D eigenvalue weighted by Crippen LogP contribution is -2.64. The van der Waals surface area contributed by atoms with Crippen LogP contribution in [0, 0.1) is 58.9 Å². The molecule has 34 nitrogen and oxygen atoms in total. The summed E-state index contributed by atoms with van der Waals surface area (Å²) >= 11 is 4.24. The second-order valence-electron chi connectivity index (χ2n) is 36.4. The second-order valence-corrected chi connectivity index (χ2v) is 42.7. The lowest BCUT2D eigenvalue weighted by atomic mass is 9.72. The number of para-hydroxylation sites is 1. The number of carbonyl (C=O) groups excluding carboxylic acids is 11. The largest absolute Gasteiger partial charge is 0.496 e.